The van der Waals surface area contributed by atoms with Crippen LogP contribution in [0.15, 0.2) is 48.5 Å². The molecule has 0 fully saturated rings. The topological polar surface area (TPSA) is 96.3 Å². The standard InChI is InChI=1S/C20H17ClN2O4/c1-13(20(26)23-17-4-2-3-14(11-17)12-22)27-19(25)10-9-18(24)15-5-7-16(21)8-6-15/h2-8,11,13H,9-10H2,1H3,(H,23,26)/t13-/m1/s1. The number of hydrogen-bond donors (Lipinski definition) is 1. The predicted molar refractivity (Wildman–Crippen MR) is 100 cm³/mol. The predicted octanol–water partition coefficient (Wildman–Crippen LogP) is 3.74. The summed E-state index contributed by atoms with van der Waals surface area (Å²) < 4.78 is 5.06. The maximum atomic E-state index is 12.1. The third kappa shape index (κ3) is 6.24. The Morgan fingerprint density at radius 3 is 2.52 bits per heavy atom. The molecule has 1 atom stereocenters. The van der Waals surface area contributed by atoms with Gasteiger partial charge in [-0.05, 0) is 49.4 Å². The molecule has 0 aliphatic carbocycles. The van der Waals surface area contributed by atoms with Crippen LogP contribution in [0.25, 0.3) is 0 Å². The molecule has 0 spiro atoms. The van der Waals surface area contributed by atoms with Gasteiger partial charge < -0.3 is 10.1 Å². The molecule has 0 aromatic heterocycles. The molecule has 0 heterocycles. The number of benzene rings is 2. The fourth-order valence-corrected chi connectivity index (χ4v) is 2.34. The maximum Gasteiger partial charge on any atom is 0.307 e. The molecule has 1 N–H and O–H groups in total. The zero-order valence-corrected chi connectivity index (χ0v) is 15.3. The lowest BCUT2D eigenvalue weighted by Crippen LogP contribution is -2.30. The summed E-state index contributed by atoms with van der Waals surface area (Å²) in [5.74, 6) is -1.39. The third-order valence-electron chi connectivity index (χ3n) is 3.66. The van der Waals surface area contributed by atoms with E-state index in [1.807, 2.05) is 6.07 Å². The number of ketones is 1. The molecule has 2 aromatic rings. The number of rotatable bonds is 7. The van der Waals surface area contributed by atoms with Crippen molar-refractivity contribution >= 4 is 34.9 Å². The summed E-state index contributed by atoms with van der Waals surface area (Å²) in [7, 11) is 0. The van der Waals surface area contributed by atoms with Gasteiger partial charge in [0.2, 0.25) is 0 Å². The summed E-state index contributed by atoms with van der Waals surface area (Å²) in [5.41, 5.74) is 1.29. The Morgan fingerprint density at radius 1 is 1.15 bits per heavy atom. The highest BCUT2D eigenvalue weighted by Crippen LogP contribution is 2.13. The van der Waals surface area contributed by atoms with Crippen molar-refractivity contribution in [3.63, 3.8) is 0 Å². The summed E-state index contributed by atoms with van der Waals surface area (Å²) in [6, 6.07) is 14.7. The zero-order valence-electron chi connectivity index (χ0n) is 14.6. The van der Waals surface area contributed by atoms with Crippen molar-refractivity contribution < 1.29 is 19.1 Å². The average molecular weight is 385 g/mol. The number of nitrogens with one attached hydrogen (secondary N) is 1. The molecule has 6 nitrogen and oxygen atoms in total. The van der Waals surface area contributed by atoms with E-state index in [4.69, 9.17) is 21.6 Å². The first-order valence-corrected chi connectivity index (χ1v) is 8.56. The maximum absolute atomic E-state index is 12.1. The van der Waals surface area contributed by atoms with E-state index in [1.54, 1.807) is 42.5 Å². The van der Waals surface area contributed by atoms with Crippen LogP contribution in [0.4, 0.5) is 5.69 Å². The number of nitrogens with zero attached hydrogens (tertiary/aromatic N) is 1. The number of amides is 1. The van der Waals surface area contributed by atoms with Gasteiger partial charge >= 0.3 is 5.97 Å². The second kappa shape index (κ2) is 9.51. The van der Waals surface area contributed by atoms with Crippen molar-refractivity contribution in [3.8, 4) is 6.07 Å². The van der Waals surface area contributed by atoms with Crippen LogP contribution in [0.3, 0.4) is 0 Å². The molecule has 27 heavy (non-hydrogen) atoms. The van der Waals surface area contributed by atoms with Crippen LogP contribution in [0.5, 0.6) is 0 Å². The number of carbonyl (C=O) groups is 3. The van der Waals surface area contributed by atoms with Crippen LogP contribution in [0.2, 0.25) is 5.02 Å². The highest BCUT2D eigenvalue weighted by atomic mass is 35.5. The average Bonchev–Trinajstić information content (AvgIpc) is 2.66. The van der Waals surface area contributed by atoms with Crippen LogP contribution < -0.4 is 5.32 Å². The Hall–Kier alpha value is -3.17. The number of ether oxygens (including phenoxy) is 1. The molecule has 0 radical (unpaired) electrons. The summed E-state index contributed by atoms with van der Waals surface area (Å²) in [6.07, 6.45) is -1.20. The van der Waals surface area contributed by atoms with Crippen LogP contribution in [-0.2, 0) is 14.3 Å². The van der Waals surface area contributed by atoms with E-state index in [9.17, 15) is 14.4 Å². The van der Waals surface area contributed by atoms with Crippen LogP contribution in [0.1, 0.15) is 35.7 Å². The largest absolute Gasteiger partial charge is 0.453 e. The van der Waals surface area contributed by atoms with Gasteiger partial charge in [0.05, 0.1) is 18.1 Å². The van der Waals surface area contributed by atoms with E-state index in [2.05, 4.69) is 5.32 Å². The quantitative estimate of drug-likeness (QED) is 0.579. The van der Waals surface area contributed by atoms with Gasteiger partial charge in [0.25, 0.3) is 5.91 Å². The fraction of sp³-hybridized carbons (Fsp3) is 0.200. The Balaban J connectivity index is 1.82. The number of carbonyl (C=O) groups excluding carboxylic acids is 3. The molecule has 7 heteroatoms. The Bertz CT molecular complexity index is 888. The molecule has 1 amide bonds. The molecular weight excluding hydrogens is 368 g/mol. The highest BCUT2D eigenvalue weighted by molar-refractivity contribution is 6.30. The van der Waals surface area contributed by atoms with Crippen molar-refractivity contribution in [2.75, 3.05) is 5.32 Å². The molecule has 0 bridgehead atoms. The lowest BCUT2D eigenvalue weighted by Gasteiger charge is -2.13. The zero-order chi connectivity index (χ0) is 19.8. The molecule has 2 rings (SSSR count). The molecule has 0 aliphatic heterocycles. The highest BCUT2D eigenvalue weighted by Gasteiger charge is 2.19. The minimum absolute atomic E-state index is 0.0288. The molecular formula is C20H17ClN2O4. The minimum atomic E-state index is -1.03. The number of esters is 1. The van der Waals surface area contributed by atoms with Gasteiger partial charge in [-0.1, -0.05) is 17.7 Å². The van der Waals surface area contributed by atoms with Crippen molar-refractivity contribution in [2.24, 2.45) is 0 Å². The lowest BCUT2D eigenvalue weighted by atomic mass is 10.1. The lowest BCUT2D eigenvalue weighted by molar-refractivity contribution is -0.153. The van der Waals surface area contributed by atoms with E-state index in [0.717, 1.165) is 0 Å². The van der Waals surface area contributed by atoms with E-state index in [1.165, 1.54) is 13.0 Å². The van der Waals surface area contributed by atoms with E-state index < -0.39 is 18.0 Å². The normalized spacial score (nSPS) is 11.1. The van der Waals surface area contributed by atoms with Gasteiger partial charge in [-0.15, -0.1) is 0 Å². The van der Waals surface area contributed by atoms with Gasteiger partial charge in [0, 0.05) is 22.7 Å². The van der Waals surface area contributed by atoms with Crippen LogP contribution in [-0.4, -0.2) is 23.8 Å². The molecule has 0 saturated heterocycles. The molecule has 138 valence electrons. The van der Waals surface area contributed by atoms with Crippen molar-refractivity contribution in [3.05, 3.63) is 64.7 Å². The van der Waals surface area contributed by atoms with Gasteiger partial charge in [-0.2, -0.15) is 5.26 Å². The van der Waals surface area contributed by atoms with E-state index in [0.29, 0.717) is 21.8 Å². The van der Waals surface area contributed by atoms with Crippen molar-refractivity contribution in [2.45, 2.75) is 25.9 Å². The van der Waals surface area contributed by atoms with Crippen molar-refractivity contribution in [1.29, 1.82) is 5.26 Å². The second-order valence-electron chi connectivity index (χ2n) is 5.74. The Kier molecular flexibility index (Phi) is 7.09. The first-order valence-electron chi connectivity index (χ1n) is 8.18. The van der Waals surface area contributed by atoms with Crippen molar-refractivity contribution in [1.82, 2.24) is 0 Å². The summed E-state index contributed by atoms with van der Waals surface area (Å²) in [6.45, 7) is 1.43. The second-order valence-corrected chi connectivity index (χ2v) is 6.18. The third-order valence-corrected chi connectivity index (χ3v) is 3.91. The van der Waals surface area contributed by atoms with Crippen LogP contribution >= 0.6 is 11.6 Å². The number of anilines is 1. The fourth-order valence-electron chi connectivity index (χ4n) is 2.22. The smallest absolute Gasteiger partial charge is 0.307 e. The monoisotopic (exact) mass is 384 g/mol. The first kappa shape index (κ1) is 20.1. The Labute approximate surface area is 161 Å². The van der Waals surface area contributed by atoms with E-state index in [-0.39, 0.29) is 18.6 Å². The summed E-state index contributed by atoms with van der Waals surface area (Å²) >= 11 is 5.77. The summed E-state index contributed by atoms with van der Waals surface area (Å²) in [4.78, 5) is 36.0. The SMILES string of the molecule is C[C@@H](OC(=O)CCC(=O)c1ccc(Cl)cc1)C(=O)Nc1cccc(C#N)c1. The first-order chi connectivity index (χ1) is 12.9. The van der Waals surface area contributed by atoms with E-state index >= 15 is 0 Å². The summed E-state index contributed by atoms with van der Waals surface area (Å²) in [5, 5.41) is 11.9. The van der Waals surface area contributed by atoms with Crippen LogP contribution in [0, 0.1) is 11.3 Å². The minimum Gasteiger partial charge on any atom is -0.453 e. The number of halogens is 1. The number of nitriles is 1. The Morgan fingerprint density at radius 2 is 1.85 bits per heavy atom. The van der Waals surface area contributed by atoms with Gasteiger partial charge in [-0.25, -0.2) is 0 Å². The molecule has 0 aliphatic rings. The molecule has 2 aromatic carbocycles. The van der Waals surface area contributed by atoms with Gasteiger partial charge in [0.1, 0.15) is 0 Å². The van der Waals surface area contributed by atoms with Gasteiger partial charge in [-0.3, -0.25) is 14.4 Å². The van der Waals surface area contributed by atoms with Gasteiger partial charge in [0.15, 0.2) is 11.9 Å². The number of Topliss-reactive ketones (excluding diaryl/α,β-unsaturated/α-hetero) is 1. The number of hydrogen-bond acceptors (Lipinski definition) is 5. The molecule has 0 unspecified atom stereocenters. The molecule has 0 saturated carbocycles.